The van der Waals surface area contributed by atoms with Crippen LogP contribution in [0.25, 0.3) is 0 Å². The van der Waals surface area contributed by atoms with E-state index in [9.17, 15) is 0 Å². The maximum atomic E-state index is 4.54. The normalized spacial score (nSPS) is 37.1. The molecule has 2 fully saturated rings. The molecule has 4 atom stereocenters. The summed E-state index contributed by atoms with van der Waals surface area (Å²) in [5.74, 6) is 5.81. The van der Waals surface area contributed by atoms with Gasteiger partial charge in [0, 0.05) is 32.0 Å². The summed E-state index contributed by atoms with van der Waals surface area (Å²) in [6.07, 6.45) is 12.8. The van der Waals surface area contributed by atoms with Gasteiger partial charge in [-0.15, -0.1) is 10.2 Å². The van der Waals surface area contributed by atoms with E-state index in [1.54, 1.807) is 0 Å². The first-order chi connectivity index (χ1) is 10.9. The highest BCUT2D eigenvalue weighted by molar-refractivity contribution is 5.11. The fourth-order valence-electron chi connectivity index (χ4n) is 5.34. The number of allylic oxidation sites excluding steroid dienone is 2. The van der Waals surface area contributed by atoms with Gasteiger partial charge in [-0.1, -0.05) is 12.2 Å². The summed E-state index contributed by atoms with van der Waals surface area (Å²) in [6.45, 7) is 4.94. The van der Waals surface area contributed by atoms with E-state index in [-0.39, 0.29) is 0 Å². The molecule has 0 radical (unpaired) electrons. The molecule has 4 nitrogen and oxygen atoms in total. The van der Waals surface area contributed by atoms with Gasteiger partial charge in [0.05, 0.1) is 0 Å². The molecule has 2 bridgehead atoms. The Morgan fingerprint density at radius 1 is 1.09 bits per heavy atom. The summed E-state index contributed by atoms with van der Waals surface area (Å²) >= 11 is 0. The van der Waals surface area contributed by atoms with Crippen molar-refractivity contribution >= 4 is 0 Å². The molecule has 1 aromatic heterocycles. The molecule has 2 aliphatic heterocycles. The number of rotatable bonds is 3. The highest BCUT2D eigenvalue weighted by Gasteiger charge is 2.37. The molecule has 0 spiro atoms. The quantitative estimate of drug-likeness (QED) is 0.805. The van der Waals surface area contributed by atoms with E-state index >= 15 is 0 Å². The number of fused-ring (bicyclic) bond motifs is 3. The molecule has 3 heterocycles. The fraction of sp³-hybridized carbons (Fsp3) is 0.778. The van der Waals surface area contributed by atoms with Gasteiger partial charge < -0.3 is 9.47 Å². The molecule has 4 unspecified atom stereocenters. The van der Waals surface area contributed by atoms with Crippen LogP contribution in [0.1, 0.15) is 49.7 Å². The van der Waals surface area contributed by atoms with Crippen molar-refractivity contribution < 1.29 is 0 Å². The zero-order chi connectivity index (χ0) is 14.5. The Balaban J connectivity index is 1.27. The van der Waals surface area contributed by atoms with Gasteiger partial charge in [-0.05, 0) is 56.4 Å². The Morgan fingerprint density at radius 3 is 2.95 bits per heavy atom. The molecule has 0 amide bonds. The van der Waals surface area contributed by atoms with Crippen molar-refractivity contribution in [1.82, 2.24) is 19.7 Å². The SMILES string of the molecule is C1=CC2CC1CC2CN1CCCC(c2nnc3n2CCC3)C1. The summed E-state index contributed by atoms with van der Waals surface area (Å²) in [4.78, 5) is 2.73. The van der Waals surface area contributed by atoms with Crippen LogP contribution in [0.4, 0.5) is 0 Å². The van der Waals surface area contributed by atoms with Crippen molar-refractivity contribution in [3.63, 3.8) is 0 Å². The minimum absolute atomic E-state index is 0.613. The first-order valence-corrected chi connectivity index (χ1v) is 9.19. The maximum Gasteiger partial charge on any atom is 0.137 e. The van der Waals surface area contributed by atoms with E-state index in [2.05, 4.69) is 31.8 Å². The van der Waals surface area contributed by atoms with Crippen LogP contribution in [0, 0.1) is 17.8 Å². The van der Waals surface area contributed by atoms with Crippen LogP contribution in [-0.4, -0.2) is 39.3 Å². The van der Waals surface area contributed by atoms with Crippen LogP contribution in [0.2, 0.25) is 0 Å². The van der Waals surface area contributed by atoms with E-state index in [1.165, 1.54) is 63.4 Å². The lowest BCUT2D eigenvalue weighted by Crippen LogP contribution is -2.39. The molecular formula is C18H26N4. The van der Waals surface area contributed by atoms with Gasteiger partial charge in [-0.2, -0.15) is 0 Å². The van der Waals surface area contributed by atoms with Crippen molar-refractivity contribution in [2.24, 2.45) is 17.8 Å². The van der Waals surface area contributed by atoms with Gasteiger partial charge in [0.1, 0.15) is 11.6 Å². The number of aryl methyl sites for hydroxylation is 1. The number of nitrogens with zero attached hydrogens (tertiary/aromatic N) is 4. The number of piperidine rings is 1. The van der Waals surface area contributed by atoms with Crippen LogP contribution in [-0.2, 0) is 13.0 Å². The topological polar surface area (TPSA) is 34.0 Å². The number of aromatic nitrogens is 3. The molecule has 1 saturated carbocycles. The minimum Gasteiger partial charge on any atom is -0.315 e. The van der Waals surface area contributed by atoms with Crippen LogP contribution >= 0.6 is 0 Å². The second-order valence-corrected chi connectivity index (χ2v) is 7.87. The van der Waals surface area contributed by atoms with Crippen molar-refractivity contribution in [3.05, 3.63) is 23.8 Å². The molecule has 22 heavy (non-hydrogen) atoms. The lowest BCUT2D eigenvalue weighted by Gasteiger charge is -2.35. The molecule has 5 rings (SSSR count). The second kappa shape index (κ2) is 5.19. The van der Waals surface area contributed by atoms with Crippen molar-refractivity contribution in [2.45, 2.75) is 51.0 Å². The van der Waals surface area contributed by atoms with Crippen LogP contribution in [0.15, 0.2) is 12.2 Å². The average Bonchev–Trinajstić information content (AvgIpc) is 3.28. The monoisotopic (exact) mass is 298 g/mol. The van der Waals surface area contributed by atoms with E-state index in [1.807, 2.05) is 0 Å². The predicted octanol–water partition coefficient (Wildman–Crippen LogP) is 2.62. The largest absolute Gasteiger partial charge is 0.315 e. The first kappa shape index (κ1) is 13.3. The molecular weight excluding hydrogens is 272 g/mol. The maximum absolute atomic E-state index is 4.54. The molecule has 118 valence electrons. The zero-order valence-corrected chi connectivity index (χ0v) is 13.3. The smallest absolute Gasteiger partial charge is 0.137 e. The predicted molar refractivity (Wildman–Crippen MR) is 85.6 cm³/mol. The van der Waals surface area contributed by atoms with E-state index in [0.717, 1.165) is 30.7 Å². The third-order valence-corrected chi connectivity index (χ3v) is 6.42. The van der Waals surface area contributed by atoms with E-state index < -0.39 is 0 Å². The van der Waals surface area contributed by atoms with E-state index in [4.69, 9.17) is 0 Å². The standard InChI is InChI=1S/C18H26N4/c1-3-15(18-20-19-17-4-2-8-22(17)18)11-21(7-1)12-16-10-13-5-6-14(16)9-13/h5-6,13-16H,1-4,7-12H2. The summed E-state index contributed by atoms with van der Waals surface area (Å²) in [5, 5.41) is 8.96. The van der Waals surface area contributed by atoms with Gasteiger partial charge in [0.15, 0.2) is 0 Å². The summed E-state index contributed by atoms with van der Waals surface area (Å²) in [5.41, 5.74) is 0. The molecule has 0 aromatic carbocycles. The third-order valence-electron chi connectivity index (χ3n) is 6.42. The van der Waals surface area contributed by atoms with Gasteiger partial charge in [0.25, 0.3) is 0 Å². The number of hydrogen-bond donors (Lipinski definition) is 0. The van der Waals surface area contributed by atoms with Gasteiger partial charge in [0.2, 0.25) is 0 Å². The fourth-order valence-corrected chi connectivity index (χ4v) is 5.34. The number of likely N-dealkylation sites (tertiary alicyclic amines) is 1. The van der Waals surface area contributed by atoms with Crippen molar-refractivity contribution in [3.8, 4) is 0 Å². The minimum atomic E-state index is 0.613. The lowest BCUT2D eigenvalue weighted by molar-refractivity contribution is 0.164. The molecule has 0 N–H and O–H groups in total. The molecule has 4 heteroatoms. The van der Waals surface area contributed by atoms with Crippen molar-refractivity contribution in [1.29, 1.82) is 0 Å². The average molecular weight is 298 g/mol. The third kappa shape index (κ3) is 2.15. The molecule has 4 aliphatic rings. The molecule has 1 aromatic rings. The highest BCUT2D eigenvalue weighted by Crippen LogP contribution is 2.44. The lowest BCUT2D eigenvalue weighted by atomic mass is 9.90. The van der Waals surface area contributed by atoms with Gasteiger partial charge in [-0.25, -0.2) is 0 Å². The Hall–Kier alpha value is -1.16. The van der Waals surface area contributed by atoms with Gasteiger partial charge in [-0.3, -0.25) is 0 Å². The van der Waals surface area contributed by atoms with Crippen molar-refractivity contribution in [2.75, 3.05) is 19.6 Å². The van der Waals surface area contributed by atoms with E-state index in [0.29, 0.717) is 5.92 Å². The van der Waals surface area contributed by atoms with Crippen LogP contribution < -0.4 is 0 Å². The Labute approximate surface area is 132 Å². The highest BCUT2D eigenvalue weighted by atomic mass is 15.3. The molecule has 1 saturated heterocycles. The summed E-state index contributed by atoms with van der Waals surface area (Å²) in [7, 11) is 0. The second-order valence-electron chi connectivity index (χ2n) is 7.87. The number of hydrogen-bond acceptors (Lipinski definition) is 3. The van der Waals surface area contributed by atoms with Gasteiger partial charge >= 0.3 is 0 Å². The summed E-state index contributed by atoms with van der Waals surface area (Å²) in [6, 6.07) is 0. The zero-order valence-electron chi connectivity index (χ0n) is 13.3. The Morgan fingerprint density at radius 2 is 2.09 bits per heavy atom. The molecule has 2 aliphatic carbocycles. The first-order valence-electron chi connectivity index (χ1n) is 9.19. The Bertz CT molecular complexity index is 590. The Kier molecular flexibility index (Phi) is 3.14. The summed E-state index contributed by atoms with van der Waals surface area (Å²) < 4.78 is 2.41. The van der Waals surface area contributed by atoms with Crippen LogP contribution in [0.3, 0.4) is 0 Å². The van der Waals surface area contributed by atoms with Crippen LogP contribution in [0.5, 0.6) is 0 Å².